The second-order valence-electron chi connectivity index (χ2n) is 6.33. The van der Waals surface area contributed by atoms with Gasteiger partial charge in [-0.05, 0) is 18.2 Å². The van der Waals surface area contributed by atoms with Gasteiger partial charge in [0.1, 0.15) is 6.54 Å². The zero-order valence-electron chi connectivity index (χ0n) is 14.4. The molecule has 0 spiro atoms. The van der Waals surface area contributed by atoms with Crippen molar-refractivity contribution in [2.75, 3.05) is 0 Å². The molecule has 0 saturated heterocycles. The van der Waals surface area contributed by atoms with Crippen LogP contribution in [0.1, 0.15) is 17.0 Å². The molecule has 1 aromatic heterocycles. The molecule has 27 heavy (non-hydrogen) atoms. The lowest BCUT2D eigenvalue weighted by atomic mass is 10.0. The number of rotatable bonds is 2. The SMILES string of the molecule is Clc1ccc2c(c1)C(c1ccccc1)=NCc1nnc(-c3ccccc3)n1-2. The van der Waals surface area contributed by atoms with Crippen molar-refractivity contribution in [3.63, 3.8) is 0 Å². The Bertz CT molecular complexity index is 1150. The molecule has 5 rings (SSSR count). The summed E-state index contributed by atoms with van der Waals surface area (Å²) in [5.74, 6) is 1.61. The number of hydrogen-bond acceptors (Lipinski definition) is 3. The summed E-state index contributed by atoms with van der Waals surface area (Å²) in [7, 11) is 0. The fourth-order valence-electron chi connectivity index (χ4n) is 3.42. The maximum absolute atomic E-state index is 6.35. The standard InChI is InChI=1S/C22H15ClN4/c23-17-11-12-19-18(13-17)21(15-7-3-1-4-8-15)24-14-20-25-26-22(27(19)20)16-9-5-2-6-10-16/h1-13H,14H2. The first-order valence-corrected chi connectivity index (χ1v) is 9.09. The molecule has 4 aromatic rings. The zero-order chi connectivity index (χ0) is 18.2. The molecular formula is C22H15ClN4. The van der Waals surface area contributed by atoms with Crippen molar-refractivity contribution in [3.8, 4) is 17.1 Å². The van der Waals surface area contributed by atoms with Crippen LogP contribution >= 0.6 is 11.6 Å². The highest BCUT2D eigenvalue weighted by atomic mass is 35.5. The monoisotopic (exact) mass is 370 g/mol. The third kappa shape index (κ3) is 2.75. The minimum atomic E-state index is 0.455. The highest BCUT2D eigenvalue weighted by Gasteiger charge is 2.23. The molecular weight excluding hydrogens is 356 g/mol. The fourth-order valence-corrected chi connectivity index (χ4v) is 3.59. The van der Waals surface area contributed by atoms with E-state index in [4.69, 9.17) is 16.6 Å². The van der Waals surface area contributed by atoms with Gasteiger partial charge in [0, 0.05) is 21.7 Å². The Morgan fingerprint density at radius 3 is 2.22 bits per heavy atom. The van der Waals surface area contributed by atoms with Crippen molar-refractivity contribution in [1.29, 1.82) is 0 Å². The van der Waals surface area contributed by atoms with E-state index in [1.807, 2.05) is 66.7 Å². The van der Waals surface area contributed by atoms with E-state index in [1.54, 1.807) is 0 Å². The number of nitrogens with zero attached hydrogens (tertiary/aromatic N) is 4. The van der Waals surface area contributed by atoms with Crippen molar-refractivity contribution >= 4 is 17.3 Å². The number of halogens is 1. The largest absolute Gasteiger partial charge is 0.277 e. The summed E-state index contributed by atoms with van der Waals surface area (Å²) in [6, 6.07) is 26.1. The number of aliphatic imine (C=N–C) groups is 1. The Labute approximate surface area is 161 Å². The lowest BCUT2D eigenvalue weighted by Crippen LogP contribution is -2.08. The first-order chi connectivity index (χ1) is 13.3. The summed E-state index contributed by atoms with van der Waals surface area (Å²) in [6.45, 7) is 0.455. The van der Waals surface area contributed by atoms with Gasteiger partial charge in [-0.3, -0.25) is 9.56 Å². The van der Waals surface area contributed by atoms with E-state index in [-0.39, 0.29) is 0 Å². The summed E-state index contributed by atoms with van der Waals surface area (Å²) >= 11 is 6.35. The molecule has 0 unspecified atom stereocenters. The van der Waals surface area contributed by atoms with Gasteiger partial charge >= 0.3 is 0 Å². The van der Waals surface area contributed by atoms with Gasteiger partial charge in [0.2, 0.25) is 0 Å². The molecule has 1 aliphatic rings. The van der Waals surface area contributed by atoms with Crippen LogP contribution in [0.5, 0.6) is 0 Å². The van der Waals surface area contributed by atoms with Crippen molar-refractivity contribution in [2.45, 2.75) is 6.54 Å². The van der Waals surface area contributed by atoms with E-state index in [2.05, 4.69) is 26.9 Å². The van der Waals surface area contributed by atoms with Gasteiger partial charge < -0.3 is 0 Å². The summed E-state index contributed by atoms with van der Waals surface area (Å²) < 4.78 is 2.08. The molecule has 3 aromatic carbocycles. The van der Waals surface area contributed by atoms with Gasteiger partial charge in [0.25, 0.3) is 0 Å². The van der Waals surface area contributed by atoms with Crippen LogP contribution < -0.4 is 0 Å². The van der Waals surface area contributed by atoms with Gasteiger partial charge in [-0.1, -0.05) is 72.3 Å². The van der Waals surface area contributed by atoms with Crippen molar-refractivity contribution in [2.24, 2.45) is 4.99 Å². The Balaban J connectivity index is 1.77. The predicted octanol–water partition coefficient (Wildman–Crippen LogP) is 4.94. The summed E-state index contributed by atoms with van der Waals surface area (Å²) in [5.41, 5.74) is 4.95. The first-order valence-electron chi connectivity index (χ1n) is 8.71. The predicted molar refractivity (Wildman–Crippen MR) is 108 cm³/mol. The Morgan fingerprint density at radius 1 is 0.778 bits per heavy atom. The van der Waals surface area contributed by atoms with Gasteiger partial charge in [-0.15, -0.1) is 10.2 Å². The Hall–Kier alpha value is -3.24. The molecule has 4 nitrogen and oxygen atoms in total. The summed E-state index contributed by atoms with van der Waals surface area (Å²) in [6.07, 6.45) is 0. The molecule has 0 N–H and O–H groups in total. The minimum Gasteiger partial charge on any atom is -0.277 e. The third-order valence-electron chi connectivity index (χ3n) is 4.64. The van der Waals surface area contributed by atoms with E-state index in [9.17, 15) is 0 Å². The van der Waals surface area contributed by atoms with Crippen molar-refractivity contribution in [3.05, 3.63) is 101 Å². The average Bonchev–Trinajstić information content (AvgIpc) is 3.07. The van der Waals surface area contributed by atoms with Crippen LogP contribution in [-0.4, -0.2) is 20.5 Å². The Morgan fingerprint density at radius 2 is 1.48 bits per heavy atom. The molecule has 0 radical (unpaired) electrons. The second-order valence-corrected chi connectivity index (χ2v) is 6.77. The fraction of sp³-hybridized carbons (Fsp3) is 0.0455. The maximum atomic E-state index is 6.35. The molecule has 0 bridgehead atoms. The number of aromatic nitrogens is 3. The molecule has 0 atom stereocenters. The van der Waals surface area contributed by atoms with Crippen LogP contribution in [0.15, 0.2) is 83.9 Å². The van der Waals surface area contributed by atoms with Gasteiger partial charge in [0.15, 0.2) is 11.6 Å². The normalized spacial score (nSPS) is 12.7. The van der Waals surface area contributed by atoms with Crippen molar-refractivity contribution in [1.82, 2.24) is 14.8 Å². The van der Waals surface area contributed by atoms with Crippen LogP contribution in [0.4, 0.5) is 0 Å². The number of benzene rings is 3. The summed E-state index contributed by atoms with van der Waals surface area (Å²) in [4.78, 5) is 4.86. The first kappa shape index (κ1) is 16.0. The van der Waals surface area contributed by atoms with E-state index in [0.717, 1.165) is 39.7 Å². The molecule has 0 fully saturated rings. The topological polar surface area (TPSA) is 43.1 Å². The van der Waals surface area contributed by atoms with Gasteiger partial charge in [-0.2, -0.15) is 0 Å². The third-order valence-corrected chi connectivity index (χ3v) is 4.88. The maximum Gasteiger partial charge on any atom is 0.168 e. The Kier molecular flexibility index (Phi) is 3.84. The van der Waals surface area contributed by atoms with Crippen molar-refractivity contribution < 1.29 is 0 Å². The molecule has 5 heteroatoms. The average molecular weight is 371 g/mol. The molecule has 130 valence electrons. The number of fused-ring (bicyclic) bond motifs is 3. The molecule has 2 heterocycles. The van der Waals surface area contributed by atoms with Crippen LogP contribution in [-0.2, 0) is 6.54 Å². The molecule has 0 amide bonds. The lowest BCUT2D eigenvalue weighted by Gasteiger charge is -2.14. The van der Waals surface area contributed by atoms with Crippen LogP contribution in [0.25, 0.3) is 17.1 Å². The quantitative estimate of drug-likeness (QED) is 0.501. The lowest BCUT2D eigenvalue weighted by molar-refractivity contribution is 0.872. The van der Waals surface area contributed by atoms with E-state index in [0.29, 0.717) is 11.6 Å². The van der Waals surface area contributed by atoms with Crippen LogP contribution in [0.3, 0.4) is 0 Å². The van der Waals surface area contributed by atoms with E-state index < -0.39 is 0 Å². The van der Waals surface area contributed by atoms with E-state index in [1.165, 1.54) is 0 Å². The smallest absolute Gasteiger partial charge is 0.168 e. The zero-order valence-corrected chi connectivity index (χ0v) is 15.1. The number of hydrogen-bond donors (Lipinski definition) is 0. The highest BCUT2D eigenvalue weighted by molar-refractivity contribution is 6.31. The molecule has 0 aliphatic carbocycles. The molecule has 0 saturated carbocycles. The highest BCUT2D eigenvalue weighted by Crippen LogP contribution is 2.31. The summed E-state index contributed by atoms with van der Waals surface area (Å²) in [5, 5.41) is 9.53. The molecule has 1 aliphatic heterocycles. The van der Waals surface area contributed by atoms with Gasteiger partial charge in [0.05, 0.1) is 11.4 Å². The van der Waals surface area contributed by atoms with Crippen LogP contribution in [0.2, 0.25) is 5.02 Å². The second kappa shape index (κ2) is 6.49. The van der Waals surface area contributed by atoms with E-state index >= 15 is 0 Å². The van der Waals surface area contributed by atoms with Crippen LogP contribution in [0, 0.1) is 0 Å². The minimum absolute atomic E-state index is 0.455. The van der Waals surface area contributed by atoms with Gasteiger partial charge in [-0.25, -0.2) is 0 Å².